The van der Waals surface area contributed by atoms with E-state index in [4.69, 9.17) is 5.73 Å². The number of nitrogens with one attached hydrogen (secondary N) is 1. The van der Waals surface area contributed by atoms with Crippen molar-refractivity contribution in [1.29, 1.82) is 0 Å². The Labute approximate surface area is 94.9 Å². The van der Waals surface area contributed by atoms with Crippen LogP contribution in [-0.2, 0) is 10.0 Å². The average Bonchev–Trinajstić information content (AvgIpc) is 2.67. The lowest BCUT2D eigenvalue weighted by Crippen LogP contribution is -2.68. The van der Waals surface area contributed by atoms with Crippen LogP contribution in [0.3, 0.4) is 0 Å². The van der Waals surface area contributed by atoms with Crippen molar-refractivity contribution < 1.29 is 8.42 Å². The molecule has 3 N–H and O–H groups in total. The van der Waals surface area contributed by atoms with Gasteiger partial charge in [-0.15, -0.1) is 0 Å². The predicted molar refractivity (Wildman–Crippen MR) is 59.2 cm³/mol. The Hall–Kier alpha value is -0.920. The summed E-state index contributed by atoms with van der Waals surface area (Å²) in [6, 6.07) is 0. The number of aromatic nitrogens is 2. The van der Waals surface area contributed by atoms with Gasteiger partial charge >= 0.3 is 0 Å². The largest absolute Gasteiger partial charge is 0.335 e. The molecule has 2 rings (SSSR count). The number of nitrogens with two attached hydrogens (primary N) is 1. The minimum atomic E-state index is -3.41. The number of rotatable bonds is 4. The van der Waals surface area contributed by atoms with E-state index in [1.54, 1.807) is 0 Å². The molecule has 1 aliphatic heterocycles. The van der Waals surface area contributed by atoms with Crippen molar-refractivity contribution in [1.82, 2.24) is 14.3 Å². The Balaban J connectivity index is 2.08. The van der Waals surface area contributed by atoms with E-state index in [0.29, 0.717) is 13.1 Å². The second kappa shape index (κ2) is 3.83. The Morgan fingerprint density at radius 1 is 1.62 bits per heavy atom. The van der Waals surface area contributed by atoms with Gasteiger partial charge in [0.05, 0.1) is 12.5 Å². The normalized spacial score (nSPS) is 20.6. The zero-order valence-corrected chi connectivity index (χ0v) is 10.00. The molecular formula is C9H16N4O2S. The summed E-state index contributed by atoms with van der Waals surface area (Å²) in [4.78, 5) is 6.31. The van der Waals surface area contributed by atoms with Gasteiger partial charge in [-0.25, -0.2) is 13.4 Å². The predicted octanol–water partition coefficient (Wildman–Crippen LogP) is -0.0884. The van der Waals surface area contributed by atoms with Gasteiger partial charge < -0.3 is 10.7 Å². The maximum atomic E-state index is 12.0. The van der Waals surface area contributed by atoms with Gasteiger partial charge in [-0.2, -0.15) is 4.31 Å². The van der Waals surface area contributed by atoms with Crippen LogP contribution in [0.5, 0.6) is 0 Å². The van der Waals surface area contributed by atoms with Gasteiger partial charge in [0, 0.05) is 18.6 Å². The van der Waals surface area contributed by atoms with Gasteiger partial charge in [-0.3, -0.25) is 0 Å². The third-order valence-corrected chi connectivity index (χ3v) is 4.54. The zero-order valence-electron chi connectivity index (χ0n) is 9.18. The molecule has 1 aliphatic rings. The number of H-pyrrole nitrogens is 1. The van der Waals surface area contributed by atoms with E-state index in [-0.39, 0.29) is 10.6 Å². The molecule has 0 atom stereocenters. The maximum Gasteiger partial charge on any atom is 0.260 e. The lowest BCUT2D eigenvalue weighted by atomic mass is 9.89. The standard InChI is InChI=1S/C9H16N4O2S/c1-2-3-9(10)5-13(6-9)16(14,15)8-4-11-7-12-8/h4,7H,2-3,5-6,10H2,1H3,(H,11,12). The molecular weight excluding hydrogens is 228 g/mol. The smallest absolute Gasteiger partial charge is 0.260 e. The highest BCUT2D eigenvalue weighted by atomic mass is 32.2. The molecule has 2 heterocycles. The molecule has 0 bridgehead atoms. The van der Waals surface area contributed by atoms with E-state index in [1.165, 1.54) is 16.8 Å². The van der Waals surface area contributed by atoms with E-state index < -0.39 is 10.0 Å². The van der Waals surface area contributed by atoms with Gasteiger partial charge in [0.25, 0.3) is 10.0 Å². The lowest BCUT2D eigenvalue weighted by Gasteiger charge is -2.46. The van der Waals surface area contributed by atoms with Crippen LogP contribution >= 0.6 is 0 Å². The molecule has 16 heavy (non-hydrogen) atoms. The Bertz CT molecular complexity index is 448. The summed E-state index contributed by atoms with van der Waals surface area (Å²) in [5.41, 5.74) is 5.68. The first kappa shape index (κ1) is 11.6. The van der Waals surface area contributed by atoms with Crippen molar-refractivity contribution in [2.24, 2.45) is 5.73 Å². The van der Waals surface area contributed by atoms with Crippen LogP contribution in [-0.4, -0.2) is 41.3 Å². The van der Waals surface area contributed by atoms with Crippen LogP contribution in [0.1, 0.15) is 19.8 Å². The van der Waals surface area contributed by atoms with Crippen LogP contribution in [0, 0.1) is 0 Å². The van der Waals surface area contributed by atoms with E-state index in [0.717, 1.165) is 12.8 Å². The first-order valence-corrected chi connectivity index (χ1v) is 6.69. The minimum Gasteiger partial charge on any atom is -0.335 e. The zero-order chi connectivity index (χ0) is 11.8. The maximum absolute atomic E-state index is 12.0. The van der Waals surface area contributed by atoms with Crippen molar-refractivity contribution in [2.75, 3.05) is 13.1 Å². The molecule has 1 saturated heterocycles. The van der Waals surface area contributed by atoms with Crippen LogP contribution in [0.4, 0.5) is 0 Å². The molecule has 1 aromatic rings. The van der Waals surface area contributed by atoms with Gasteiger partial charge in [-0.1, -0.05) is 13.3 Å². The Kier molecular flexibility index (Phi) is 2.77. The minimum absolute atomic E-state index is 0.131. The van der Waals surface area contributed by atoms with Gasteiger partial charge in [0.2, 0.25) is 0 Å². The van der Waals surface area contributed by atoms with Crippen molar-refractivity contribution in [2.45, 2.75) is 30.3 Å². The third kappa shape index (κ3) is 1.85. The first-order valence-electron chi connectivity index (χ1n) is 5.25. The highest BCUT2D eigenvalue weighted by Crippen LogP contribution is 2.28. The number of aromatic amines is 1. The van der Waals surface area contributed by atoms with Crippen LogP contribution in [0.15, 0.2) is 17.6 Å². The van der Waals surface area contributed by atoms with E-state index in [1.807, 2.05) is 6.92 Å². The Morgan fingerprint density at radius 2 is 2.31 bits per heavy atom. The average molecular weight is 244 g/mol. The second-order valence-corrected chi connectivity index (χ2v) is 6.21. The molecule has 0 aromatic carbocycles. The van der Waals surface area contributed by atoms with Gasteiger partial charge in [0.15, 0.2) is 5.03 Å². The Morgan fingerprint density at radius 3 is 2.81 bits per heavy atom. The highest BCUT2D eigenvalue weighted by Gasteiger charge is 2.45. The quantitative estimate of drug-likeness (QED) is 0.774. The van der Waals surface area contributed by atoms with E-state index in [9.17, 15) is 8.42 Å². The lowest BCUT2D eigenvalue weighted by molar-refractivity contribution is 0.146. The summed E-state index contributed by atoms with van der Waals surface area (Å²) >= 11 is 0. The molecule has 6 nitrogen and oxygen atoms in total. The van der Waals surface area contributed by atoms with Crippen LogP contribution in [0.2, 0.25) is 0 Å². The fraction of sp³-hybridized carbons (Fsp3) is 0.667. The SMILES string of the molecule is CCCC1(N)CN(S(=O)(=O)c2cnc[nH]2)C1. The number of sulfonamides is 1. The number of nitrogens with zero attached hydrogens (tertiary/aromatic N) is 2. The van der Waals surface area contributed by atoms with E-state index >= 15 is 0 Å². The monoisotopic (exact) mass is 244 g/mol. The van der Waals surface area contributed by atoms with Crippen molar-refractivity contribution >= 4 is 10.0 Å². The summed E-state index contributed by atoms with van der Waals surface area (Å²) in [5.74, 6) is 0. The molecule has 0 saturated carbocycles. The third-order valence-electron chi connectivity index (χ3n) is 2.82. The summed E-state index contributed by atoms with van der Waals surface area (Å²) in [6.07, 6.45) is 4.48. The topological polar surface area (TPSA) is 92.1 Å². The first-order chi connectivity index (χ1) is 7.48. The van der Waals surface area contributed by atoms with Crippen LogP contribution < -0.4 is 5.73 Å². The fourth-order valence-electron chi connectivity index (χ4n) is 2.01. The number of imidazole rings is 1. The molecule has 0 amide bonds. The highest BCUT2D eigenvalue weighted by molar-refractivity contribution is 7.89. The van der Waals surface area contributed by atoms with Crippen LogP contribution in [0.25, 0.3) is 0 Å². The number of hydrogen-bond donors (Lipinski definition) is 2. The van der Waals surface area contributed by atoms with Crippen molar-refractivity contribution in [3.05, 3.63) is 12.5 Å². The van der Waals surface area contributed by atoms with E-state index in [2.05, 4.69) is 9.97 Å². The second-order valence-electron chi connectivity index (χ2n) is 4.30. The summed E-state index contributed by atoms with van der Waals surface area (Å²) in [5, 5.41) is 0.131. The van der Waals surface area contributed by atoms with Crippen molar-refractivity contribution in [3.63, 3.8) is 0 Å². The molecule has 1 aromatic heterocycles. The summed E-state index contributed by atoms with van der Waals surface area (Å²) < 4.78 is 25.3. The molecule has 1 fully saturated rings. The summed E-state index contributed by atoms with van der Waals surface area (Å²) in [6.45, 7) is 2.82. The van der Waals surface area contributed by atoms with Gasteiger partial charge in [0.1, 0.15) is 0 Å². The fourth-order valence-corrected chi connectivity index (χ4v) is 3.53. The molecule has 0 spiro atoms. The molecule has 0 unspecified atom stereocenters. The number of hydrogen-bond acceptors (Lipinski definition) is 4. The molecule has 90 valence electrons. The van der Waals surface area contributed by atoms with Gasteiger partial charge in [-0.05, 0) is 6.42 Å². The molecule has 0 aliphatic carbocycles. The molecule has 0 radical (unpaired) electrons. The molecule has 7 heteroatoms. The van der Waals surface area contributed by atoms with Crippen molar-refractivity contribution in [3.8, 4) is 0 Å². The summed E-state index contributed by atoms with van der Waals surface area (Å²) in [7, 11) is -3.41.